The largest absolute Gasteiger partial charge is 0.378 e. The summed E-state index contributed by atoms with van der Waals surface area (Å²) in [5, 5.41) is 7.23. The summed E-state index contributed by atoms with van der Waals surface area (Å²) in [5.74, 6) is 1.12. The third-order valence-electron chi connectivity index (χ3n) is 8.45. The zero-order chi connectivity index (χ0) is 30.5. The van der Waals surface area contributed by atoms with Gasteiger partial charge in [-0.15, -0.1) is 0 Å². The van der Waals surface area contributed by atoms with Crippen molar-refractivity contribution in [3.8, 4) is 11.4 Å². The predicted octanol–water partition coefficient (Wildman–Crippen LogP) is 4.23. The molecule has 4 N–H and O–H groups in total. The summed E-state index contributed by atoms with van der Waals surface area (Å²) in [6.07, 6.45) is 5.91. The molecule has 6 rings (SSSR count). The molecule has 0 aliphatic carbocycles. The first-order chi connectivity index (χ1) is 21.5. The zero-order valence-corrected chi connectivity index (χ0v) is 25.2. The number of carbonyl (C=O) groups excluding carboxylic acids is 2. The van der Waals surface area contributed by atoms with E-state index in [1.165, 1.54) is 6.42 Å². The summed E-state index contributed by atoms with van der Waals surface area (Å²) in [6.45, 7) is 7.72. The van der Waals surface area contributed by atoms with Crippen molar-refractivity contribution in [2.24, 2.45) is 5.73 Å². The molecule has 2 aromatic carbocycles. The topological polar surface area (TPSA) is 131 Å². The normalized spacial score (nSPS) is 16.5. The molecule has 2 aliphatic rings. The van der Waals surface area contributed by atoms with E-state index in [-0.39, 0.29) is 12.2 Å². The number of benzene rings is 2. The molecule has 2 aliphatic heterocycles. The van der Waals surface area contributed by atoms with Gasteiger partial charge in [0, 0.05) is 62.2 Å². The number of urea groups is 1. The summed E-state index contributed by atoms with van der Waals surface area (Å²) in [6, 6.07) is 16.7. The lowest BCUT2D eigenvalue weighted by Gasteiger charge is -2.35. The first-order valence-corrected chi connectivity index (χ1v) is 15.5. The molecule has 0 radical (unpaired) electrons. The molecule has 1 unspecified atom stereocenters. The number of piperidine rings is 1. The van der Waals surface area contributed by atoms with Crippen LogP contribution >= 0.6 is 0 Å². The molecular weight excluding hydrogens is 556 g/mol. The van der Waals surface area contributed by atoms with Gasteiger partial charge in [0.2, 0.25) is 5.91 Å². The van der Waals surface area contributed by atoms with Gasteiger partial charge in [0.15, 0.2) is 5.82 Å². The second-order valence-corrected chi connectivity index (χ2v) is 11.4. The Morgan fingerprint density at radius 1 is 0.932 bits per heavy atom. The molecular formula is C33H40N8O3. The molecule has 3 amide bonds. The Bertz CT molecular complexity index is 1590. The van der Waals surface area contributed by atoms with Gasteiger partial charge in [0.1, 0.15) is 11.5 Å². The van der Waals surface area contributed by atoms with Gasteiger partial charge < -0.3 is 30.6 Å². The highest BCUT2D eigenvalue weighted by molar-refractivity contribution is 5.93. The maximum absolute atomic E-state index is 13.2. The van der Waals surface area contributed by atoms with Crippen molar-refractivity contribution in [1.29, 1.82) is 0 Å². The van der Waals surface area contributed by atoms with E-state index in [0.29, 0.717) is 36.7 Å². The summed E-state index contributed by atoms with van der Waals surface area (Å²) in [5.41, 5.74) is 9.37. The second-order valence-electron chi connectivity index (χ2n) is 11.4. The van der Waals surface area contributed by atoms with Crippen LogP contribution in [0.5, 0.6) is 0 Å². The lowest BCUT2D eigenvalue weighted by Crippen LogP contribution is -2.52. The number of carbonyl (C=O) groups is 2. The quantitative estimate of drug-likeness (QED) is 0.264. The van der Waals surface area contributed by atoms with E-state index in [2.05, 4.69) is 44.2 Å². The van der Waals surface area contributed by atoms with Crippen LogP contribution < -0.4 is 21.3 Å². The number of rotatable bonds is 9. The maximum atomic E-state index is 13.2. The number of ether oxygens (including phenoxy) is 1. The molecule has 4 aromatic rings. The number of fused-ring (bicyclic) bond motifs is 1. The molecule has 0 saturated carbocycles. The Labute approximate surface area is 257 Å². The molecule has 4 heterocycles. The number of primary amides is 1. The molecule has 11 heteroatoms. The Morgan fingerprint density at radius 2 is 1.66 bits per heavy atom. The van der Waals surface area contributed by atoms with Crippen LogP contribution in [0.3, 0.4) is 0 Å². The molecule has 0 spiro atoms. The number of aromatic nitrogens is 3. The Morgan fingerprint density at radius 3 is 2.34 bits per heavy atom. The molecule has 2 fully saturated rings. The second kappa shape index (κ2) is 13.4. The number of amides is 3. The van der Waals surface area contributed by atoms with Crippen LogP contribution in [0.4, 0.5) is 16.3 Å². The van der Waals surface area contributed by atoms with Crippen LogP contribution in [0.2, 0.25) is 0 Å². The van der Waals surface area contributed by atoms with Gasteiger partial charge in [-0.1, -0.05) is 18.6 Å². The number of anilines is 2. The van der Waals surface area contributed by atoms with Crippen molar-refractivity contribution in [3.05, 3.63) is 71.9 Å². The summed E-state index contributed by atoms with van der Waals surface area (Å²) in [7, 11) is 0. The zero-order valence-electron chi connectivity index (χ0n) is 25.2. The summed E-state index contributed by atoms with van der Waals surface area (Å²) < 4.78 is 7.71. The third-order valence-corrected chi connectivity index (χ3v) is 8.45. The SMILES string of the molecule is CCn1ccc2c(N3CCOCC3)nc(-c3ccc(NC(=O)NC(Cc4ccc(C(N)=O)cc4)N4CCCCC4)cc3)nc21. The van der Waals surface area contributed by atoms with Gasteiger partial charge in [0.25, 0.3) is 0 Å². The van der Waals surface area contributed by atoms with Crippen LogP contribution in [-0.4, -0.2) is 76.9 Å². The van der Waals surface area contributed by atoms with E-state index in [1.54, 1.807) is 12.1 Å². The smallest absolute Gasteiger partial charge is 0.320 e. The first-order valence-electron chi connectivity index (χ1n) is 15.5. The Kier molecular flexibility index (Phi) is 9.04. The number of aryl methyl sites for hydroxylation is 1. The highest BCUT2D eigenvalue weighted by atomic mass is 16.5. The minimum atomic E-state index is -0.451. The van der Waals surface area contributed by atoms with Gasteiger partial charge >= 0.3 is 6.03 Å². The highest BCUT2D eigenvalue weighted by Crippen LogP contribution is 2.29. The van der Waals surface area contributed by atoms with Gasteiger partial charge in [-0.3, -0.25) is 9.69 Å². The van der Waals surface area contributed by atoms with Crippen LogP contribution in [0.15, 0.2) is 60.8 Å². The minimum absolute atomic E-state index is 0.178. The Hall–Kier alpha value is -4.48. The van der Waals surface area contributed by atoms with Crippen molar-refractivity contribution in [2.45, 2.75) is 45.3 Å². The van der Waals surface area contributed by atoms with Gasteiger partial charge in [0.05, 0.1) is 24.8 Å². The fraction of sp³-hybridized carbons (Fsp3) is 0.394. The fourth-order valence-electron chi connectivity index (χ4n) is 6.00. The number of nitrogens with one attached hydrogen (secondary N) is 2. The van der Waals surface area contributed by atoms with Crippen LogP contribution in [-0.2, 0) is 17.7 Å². The lowest BCUT2D eigenvalue weighted by molar-refractivity contribution is 0.1000. The van der Waals surface area contributed by atoms with E-state index < -0.39 is 5.91 Å². The number of hydrogen-bond donors (Lipinski definition) is 3. The van der Waals surface area contributed by atoms with Gasteiger partial charge in [-0.05, 0) is 67.8 Å². The average Bonchev–Trinajstić information content (AvgIpc) is 3.48. The minimum Gasteiger partial charge on any atom is -0.378 e. The molecule has 44 heavy (non-hydrogen) atoms. The van der Waals surface area contributed by atoms with Gasteiger partial charge in [-0.2, -0.15) is 0 Å². The number of morpholine rings is 1. The number of nitrogens with two attached hydrogens (primary N) is 1. The average molecular weight is 597 g/mol. The lowest BCUT2D eigenvalue weighted by atomic mass is 10.0. The Balaban J connectivity index is 1.17. The van der Waals surface area contributed by atoms with Crippen LogP contribution in [0.1, 0.15) is 42.1 Å². The fourth-order valence-corrected chi connectivity index (χ4v) is 6.00. The number of nitrogens with zero attached hydrogens (tertiary/aromatic N) is 5. The highest BCUT2D eigenvalue weighted by Gasteiger charge is 2.23. The molecule has 230 valence electrons. The third kappa shape index (κ3) is 6.68. The van der Waals surface area contributed by atoms with E-state index in [1.807, 2.05) is 36.4 Å². The van der Waals surface area contributed by atoms with Crippen LogP contribution in [0, 0.1) is 0 Å². The standard InChI is InChI=1S/C33H40N8O3/c1-2-39-17-14-27-31(39)37-30(38-32(27)41-18-20-44-21-19-41)25-10-12-26(13-11-25)35-33(43)36-28(40-15-4-3-5-16-40)22-23-6-8-24(9-7-23)29(34)42/h6-14,17,28H,2-5,15-16,18-22H2,1H3,(H2,34,42)(H2,35,36,43). The predicted molar refractivity (Wildman–Crippen MR) is 172 cm³/mol. The molecule has 2 aromatic heterocycles. The van der Waals surface area contributed by atoms with Crippen molar-refractivity contribution in [3.63, 3.8) is 0 Å². The number of hydrogen-bond acceptors (Lipinski definition) is 7. The van der Waals surface area contributed by atoms with Crippen molar-refractivity contribution >= 4 is 34.5 Å². The van der Waals surface area contributed by atoms with E-state index in [0.717, 1.165) is 73.5 Å². The van der Waals surface area contributed by atoms with Crippen molar-refractivity contribution in [1.82, 2.24) is 24.8 Å². The van der Waals surface area contributed by atoms with Crippen molar-refractivity contribution in [2.75, 3.05) is 49.6 Å². The van der Waals surface area contributed by atoms with E-state index in [4.69, 9.17) is 20.4 Å². The van der Waals surface area contributed by atoms with E-state index >= 15 is 0 Å². The monoisotopic (exact) mass is 596 g/mol. The van der Waals surface area contributed by atoms with Crippen LogP contribution in [0.25, 0.3) is 22.4 Å². The number of likely N-dealkylation sites (tertiary alicyclic amines) is 1. The molecule has 1 atom stereocenters. The molecule has 11 nitrogen and oxygen atoms in total. The summed E-state index contributed by atoms with van der Waals surface area (Å²) >= 11 is 0. The van der Waals surface area contributed by atoms with Crippen molar-refractivity contribution < 1.29 is 14.3 Å². The first kappa shape index (κ1) is 29.6. The summed E-state index contributed by atoms with van der Waals surface area (Å²) in [4.78, 5) is 39.2. The van der Waals surface area contributed by atoms with Gasteiger partial charge in [-0.25, -0.2) is 14.8 Å². The molecule has 2 saturated heterocycles. The maximum Gasteiger partial charge on any atom is 0.320 e. The molecule has 0 bridgehead atoms. The van der Waals surface area contributed by atoms with E-state index in [9.17, 15) is 9.59 Å².